The summed E-state index contributed by atoms with van der Waals surface area (Å²) >= 11 is 3.43. The van der Waals surface area contributed by atoms with Crippen LogP contribution in [0, 0.1) is 0 Å². The summed E-state index contributed by atoms with van der Waals surface area (Å²) in [5, 5.41) is 4.21. The monoisotopic (exact) mass is 342 g/mol. The van der Waals surface area contributed by atoms with Crippen molar-refractivity contribution >= 4 is 29.5 Å². The predicted molar refractivity (Wildman–Crippen MR) is 82.5 cm³/mol. The minimum Gasteiger partial charge on any atom is -0.465 e. The van der Waals surface area contributed by atoms with Crippen LogP contribution in [-0.2, 0) is 4.74 Å². The second kappa shape index (κ2) is 6.07. The van der Waals surface area contributed by atoms with Gasteiger partial charge in [0.25, 0.3) is 0 Å². The lowest BCUT2D eigenvalue weighted by Gasteiger charge is -2.15. The van der Waals surface area contributed by atoms with Gasteiger partial charge in [-0.15, -0.1) is 0 Å². The number of aromatic nitrogens is 2. The maximum absolute atomic E-state index is 5.66. The first-order chi connectivity index (χ1) is 8.96. The third-order valence-corrected chi connectivity index (χ3v) is 4.87. The average Bonchev–Trinajstić information content (AvgIpc) is 2.68. The van der Waals surface area contributed by atoms with E-state index < -0.39 is 8.07 Å². The highest BCUT2D eigenvalue weighted by Gasteiger charge is 2.12. The molecule has 0 radical (unpaired) electrons. The van der Waals surface area contributed by atoms with Crippen molar-refractivity contribution in [2.75, 3.05) is 13.4 Å². The minimum atomic E-state index is -1.03. The molecule has 0 aliphatic heterocycles. The van der Waals surface area contributed by atoms with Gasteiger partial charge in [-0.25, -0.2) is 4.52 Å². The van der Waals surface area contributed by atoms with Crippen LogP contribution in [0.25, 0.3) is 5.52 Å². The third kappa shape index (κ3) is 4.33. The number of nitrogens with zero attached hydrogens (tertiary/aromatic N) is 2. The summed E-state index contributed by atoms with van der Waals surface area (Å²) in [6.45, 7) is 8.06. The van der Waals surface area contributed by atoms with Gasteiger partial charge in [-0.2, -0.15) is 5.10 Å². The molecule has 4 nitrogen and oxygen atoms in total. The van der Waals surface area contributed by atoms with E-state index in [9.17, 15) is 0 Å². The zero-order chi connectivity index (χ0) is 13.9. The van der Waals surface area contributed by atoms with Crippen LogP contribution in [-0.4, -0.2) is 31.1 Å². The van der Waals surface area contributed by atoms with Crippen molar-refractivity contribution in [2.45, 2.75) is 25.7 Å². The molecular weight excluding hydrogens is 324 g/mol. The average molecular weight is 343 g/mol. The van der Waals surface area contributed by atoms with Crippen LogP contribution in [0.2, 0.25) is 25.7 Å². The fraction of sp³-hybridized carbons (Fsp3) is 0.462. The molecule has 0 aliphatic carbocycles. The quantitative estimate of drug-likeness (QED) is 0.455. The summed E-state index contributed by atoms with van der Waals surface area (Å²) in [6, 6.07) is 4.98. The Labute approximate surface area is 122 Å². The lowest BCUT2D eigenvalue weighted by Crippen LogP contribution is -2.22. The molecule has 0 N–H and O–H groups in total. The molecule has 2 aromatic rings. The van der Waals surface area contributed by atoms with Crippen molar-refractivity contribution in [3.63, 3.8) is 0 Å². The summed E-state index contributed by atoms with van der Waals surface area (Å²) in [4.78, 5) is 0. The molecule has 104 valence electrons. The fourth-order valence-corrected chi connectivity index (χ4v) is 2.79. The number of hydrogen-bond acceptors (Lipinski definition) is 3. The molecule has 6 heteroatoms. The highest BCUT2D eigenvalue weighted by Crippen LogP contribution is 2.23. The first kappa shape index (κ1) is 14.6. The lowest BCUT2D eigenvalue weighted by molar-refractivity contribution is 0.0227. The Hall–Kier alpha value is -0.853. The fourth-order valence-electron chi connectivity index (χ4n) is 1.62. The van der Waals surface area contributed by atoms with Crippen LogP contribution in [0.3, 0.4) is 0 Å². The molecule has 0 saturated carbocycles. The SMILES string of the molecule is C[Si](C)(C)CCOCOc1ccnn2cc(Br)cc12. The molecule has 0 unspecified atom stereocenters. The van der Waals surface area contributed by atoms with E-state index in [0.717, 1.165) is 28.4 Å². The smallest absolute Gasteiger partial charge is 0.189 e. The van der Waals surface area contributed by atoms with Crippen molar-refractivity contribution < 1.29 is 9.47 Å². The predicted octanol–water partition coefficient (Wildman–Crippen LogP) is 3.79. The molecule has 0 atom stereocenters. The number of rotatable bonds is 6. The van der Waals surface area contributed by atoms with Crippen LogP contribution in [0.1, 0.15) is 0 Å². The van der Waals surface area contributed by atoms with Gasteiger partial charge in [0.2, 0.25) is 0 Å². The maximum Gasteiger partial charge on any atom is 0.189 e. The number of halogens is 1. The van der Waals surface area contributed by atoms with Gasteiger partial charge < -0.3 is 9.47 Å². The first-order valence-corrected chi connectivity index (χ1v) is 10.8. The van der Waals surface area contributed by atoms with E-state index in [1.165, 1.54) is 0 Å². The van der Waals surface area contributed by atoms with E-state index in [2.05, 4.69) is 40.7 Å². The van der Waals surface area contributed by atoms with E-state index in [4.69, 9.17) is 9.47 Å². The molecule has 2 heterocycles. The maximum atomic E-state index is 5.66. The van der Waals surface area contributed by atoms with E-state index in [1.54, 1.807) is 10.7 Å². The van der Waals surface area contributed by atoms with Crippen molar-refractivity contribution in [2.24, 2.45) is 0 Å². The molecule has 0 bridgehead atoms. The molecule has 0 spiro atoms. The van der Waals surface area contributed by atoms with Gasteiger partial charge in [0.05, 0.1) is 6.20 Å². The molecule has 19 heavy (non-hydrogen) atoms. The zero-order valence-electron chi connectivity index (χ0n) is 11.5. The van der Waals surface area contributed by atoms with Crippen LogP contribution < -0.4 is 4.74 Å². The standard InChI is InChI=1S/C13H19BrN2O2Si/c1-19(2,3)7-6-17-10-18-13-4-5-15-16-9-11(14)8-12(13)16/h4-5,8-9H,6-7,10H2,1-3H3. The van der Waals surface area contributed by atoms with Crippen LogP contribution in [0.4, 0.5) is 0 Å². The summed E-state index contributed by atoms with van der Waals surface area (Å²) in [7, 11) is -1.03. The Balaban J connectivity index is 1.88. The number of ether oxygens (including phenoxy) is 2. The Morgan fingerprint density at radius 1 is 1.37 bits per heavy atom. The molecule has 2 rings (SSSR count). The van der Waals surface area contributed by atoms with Gasteiger partial charge in [-0.3, -0.25) is 0 Å². The van der Waals surface area contributed by atoms with E-state index in [1.807, 2.05) is 18.3 Å². The molecule has 2 aromatic heterocycles. The highest BCUT2D eigenvalue weighted by molar-refractivity contribution is 9.10. The Bertz CT molecular complexity index is 551. The Kier molecular flexibility index (Phi) is 4.65. The molecule has 0 amide bonds. The second-order valence-corrected chi connectivity index (χ2v) is 12.2. The van der Waals surface area contributed by atoms with Crippen molar-refractivity contribution in [1.29, 1.82) is 0 Å². The Morgan fingerprint density at radius 2 is 2.16 bits per heavy atom. The number of fused-ring (bicyclic) bond motifs is 1. The molecule has 0 fully saturated rings. The van der Waals surface area contributed by atoms with Crippen molar-refractivity contribution in [3.8, 4) is 5.75 Å². The summed E-state index contributed by atoms with van der Waals surface area (Å²) in [5.74, 6) is 0.786. The van der Waals surface area contributed by atoms with Crippen molar-refractivity contribution in [1.82, 2.24) is 9.61 Å². The first-order valence-electron chi connectivity index (χ1n) is 6.29. The minimum absolute atomic E-state index is 0.285. The van der Waals surface area contributed by atoms with Crippen molar-refractivity contribution in [3.05, 3.63) is 29.0 Å². The van der Waals surface area contributed by atoms with Gasteiger partial charge in [-0.05, 0) is 28.0 Å². The molecule has 0 saturated heterocycles. The van der Waals surface area contributed by atoms with Gasteiger partial charge in [0.15, 0.2) is 6.79 Å². The molecule has 0 aliphatic rings. The van der Waals surface area contributed by atoms with E-state index in [-0.39, 0.29) is 6.79 Å². The van der Waals surface area contributed by atoms with Gasteiger partial charge >= 0.3 is 0 Å². The molecular formula is C13H19BrN2O2Si. The van der Waals surface area contributed by atoms with Crippen LogP contribution >= 0.6 is 15.9 Å². The second-order valence-electron chi connectivity index (χ2n) is 5.66. The van der Waals surface area contributed by atoms with E-state index >= 15 is 0 Å². The van der Waals surface area contributed by atoms with Gasteiger partial charge in [0, 0.05) is 31.4 Å². The highest BCUT2D eigenvalue weighted by atomic mass is 79.9. The summed E-state index contributed by atoms with van der Waals surface area (Å²) < 4.78 is 14.0. The van der Waals surface area contributed by atoms with Crippen LogP contribution in [0.5, 0.6) is 5.75 Å². The summed E-state index contributed by atoms with van der Waals surface area (Å²) in [6.07, 6.45) is 3.62. The largest absolute Gasteiger partial charge is 0.465 e. The molecule has 0 aromatic carbocycles. The topological polar surface area (TPSA) is 35.8 Å². The van der Waals surface area contributed by atoms with Gasteiger partial charge in [0.1, 0.15) is 11.3 Å². The van der Waals surface area contributed by atoms with Crippen LogP contribution in [0.15, 0.2) is 29.0 Å². The van der Waals surface area contributed by atoms with E-state index in [0.29, 0.717) is 0 Å². The van der Waals surface area contributed by atoms with Gasteiger partial charge in [-0.1, -0.05) is 19.6 Å². The summed E-state index contributed by atoms with van der Waals surface area (Å²) in [5.41, 5.74) is 0.933. The Morgan fingerprint density at radius 3 is 2.89 bits per heavy atom. The third-order valence-electron chi connectivity index (χ3n) is 2.73. The number of hydrogen-bond donors (Lipinski definition) is 0. The normalized spacial score (nSPS) is 12.0. The lowest BCUT2D eigenvalue weighted by atomic mass is 10.4. The zero-order valence-corrected chi connectivity index (χ0v) is 14.1.